The van der Waals surface area contributed by atoms with Crippen molar-refractivity contribution in [1.29, 1.82) is 0 Å². The van der Waals surface area contributed by atoms with E-state index in [2.05, 4.69) is 31.2 Å². The molecule has 238 valence electrons. The molecule has 0 bridgehead atoms. The van der Waals surface area contributed by atoms with Gasteiger partial charge >= 0.3 is 11.9 Å². The third-order valence-electron chi connectivity index (χ3n) is 6.84. The van der Waals surface area contributed by atoms with E-state index < -0.39 is 18.1 Å². The molecule has 0 aromatic carbocycles. The van der Waals surface area contributed by atoms with Crippen LogP contribution in [-0.4, -0.2) is 75.5 Å². The summed E-state index contributed by atoms with van der Waals surface area (Å²) in [5.41, 5.74) is 0. The zero-order valence-electron chi connectivity index (χ0n) is 26.7. The van der Waals surface area contributed by atoms with Crippen LogP contribution in [0, 0.1) is 0 Å². The van der Waals surface area contributed by atoms with Gasteiger partial charge in [-0.2, -0.15) is 0 Å². The summed E-state index contributed by atoms with van der Waals surface area (Å²) >= 11 is 0. The number of allylic oxidation sites excluding steroid dienone is 4. The molecule has 0 N–H and O–H groups in total. The Morgan fingerprint density at radius 2 is 1.32 bits per heavy atom. The molecule has 8 nitrogen and oxygen atoms in total. The maximum absolute atomic E-state index is 12.4. The van der Waals surface area contributed by atoms with Crippen LogP contribution in [0.25, 0.3) is 0 Å². The number of esters is 2. The van der Waals surface area contributed by atoms with Crippen LogP contribution in [0.5, 0.6) is 0 Å². The summed E-state index contributed by atoms with van der Waals surface area (Å²) in [6.07, 6.45) is 23.0. The van der Waals surface area contributed by atoms with Crippen LogP contribution in [-0.2, 0) is 28.6 Å². The fraction of sp³-hybridized carbons (Fsp3) is 0.788. The van der Waals surface area contributed by atoms with Gasteiger partial charge < -0.3 is 28.6 Å². The molecule has 0 fully saturated rings. The summed E-state index contributed by atoms with van der Waals surface area (Å²) in [5, 5.41) is 11.5. The molecule has 0 amide bonds. The molecule has 2 unspecified atom stereocenters. The number of ether oxygens (including phenoxy) is 3. The normalized spacial score (nSPS) is 13.5. The van der Waals surface area contributed by atoms with Crippen LogP contribution in [0.2, 0.25) is 0 Å². The second-order valence-electron chi connectivity index (χ2n) is 11.7. The first kappa shape index (κ1) is 38.8. The first-order chi connectivity index (χ1) is 19.6. The van der Waals surface area contributed by atoms with Gasteiger partial charge in [0.15, 0.2) is 6.10 Å². The standard InChI is InChI=1S/C33H59NO7/c1-6-8-10-11-12-13-14-15-16-17-18-19-20-21-22-24-32(36)41-29(28-40-31(35)23-9-7-2)27-39-26-25-30(33(37)38)34(3,4)5/h12-13,15-16,29-30H,6-11,14,17-28H2,1-5H3/b13-12-,16-15-. The van der Waals surface area contributed by atoms with E-state index in [0.717, 1.165) is 57.8 Å². The van der Waals surface area contributed by atoms with Crippen LogP contribution in [0.15, 0.2) is 24.3 Å². The molecule has 0 radical (unpaired) electrons. The molecule has 41 heavy (non-hydrogen) atoms. The lowest BCUT2D eigenvalue weighted by atomic mass is 10.1. The van der Waals surface area contributed by atoms with E-state index in [1.165, 1.54) is 25.7 Å². The highest BCUT2D eigenvalue weighted by atomic mass is 16.6. The minimum atomic E-state index is -1.13. The van der Waals surface area contributed by atoms with Crippen LogP contribution in [0.1, 0.15) is 117 Å². The summed E-state index contributed by atoms with van der Waals surface area (Å²) in [7, 11) is 5.36. The third-order valence-corrected chi connectivity index (χ3v) is 6.84. The predicted octanol–water partition coefficient (Wildman–Crippen LogP) is 5.68. The number of quaternary nitrogens is 1. The van der Waals surface area contributed by atoms with Gasteiger partial charge in [-0.15, -0.1) is 0 Å². The minimum Gasteiger partial charge on any atom is -0.544 e. The molecule has 8 heteroatoms. The van der Waals surface area contributed by atoms with Crippen molar-refractivity contribution in [3.8, 4) is 0 Å². The SMILES string of the molecule is CCCCC/C=C\C/C=C\CCCCCCCC(=O)OC(COCCC(C(=O)[O-])[N+](C)(C)C)COC(=O)CCCC. The fourth-order valence-corrected chi connectivity index (χ4v) is 4.25. The average molecular weight is 582 g/mol. The molecule has 0 spiro atoms. The zero-order valence-corrected chi connectivity index (χ0v) is 26.7. The van der Waals surface area contributed by atoms with Gasteiger partial charge in [0.1, 0.15) is 12.6 Å². The number of hydrogen-bond acceptors (Lipinski definition) is 7. The second kappa shape index (κ2) is 25.5. The molecule has 0 aliphatic rings. The van der Waals surface area contributed by atoms with E-state index in [1.54, 1.807) is 21.1 Å². The highest BCUT2D eigenvalue weighted by Gasteiger charge is 2.25. The Labute approximate surface area is 250 Å². The van der Waals surface area contributed by atoms with Crippen molar-refractivity contribution in [3.63, 3.8) is 0 Å². The Morgan fingerprint density at radius 1 is 0.732 bits per heavy atom. The Bertz CT molecular complexity index is 742. The van der Waals surface area contributed by atoms with E-state index in [-0.39, 0.29) is 42.7 Å². The number of unbranched alkanes of at least 4 members (excludes halogenated alkanes) is 9. The van der Waals surface area contributed by atoms with E-state index in [9.17, 15) is 19.5 Å². The number of likely N-dealkylation sites (N-methyl/N-ethyl adjacent to an activating group) is 1. The van der Waals surface area contributed by atoms with Gasteiger partial charge in [-0.1, -0.05) is 76.7 Å². The highest BCUT2D eigenvalue weighted by molar-refractivity contribution is 5.70. The zero-order chi connectivity index (χ0) is 30.8. The summed E-state index contributed by atoms with van der Waals surface area (Å²) in [6, 6.07) is -0.721. The van der Waals surface area contributed by atoms with Gasteiger partial charge in [0.05, 0.1) is 40.3 Å². The van der Waals surface area contributed by atoms with E-state index >= 15 is 0 Å². The lowest BCUT2D eigenvalue weighted by Gasteiger charge is -2.34. The van der Waals surface area contributed by atoms with Crippen molar-refractivity contribution in [2.45, 2.75) is 129 Å². The highest BCUT2D eigenvalue weighted by Crippen LogP contribution is 2.11. The number of rotatable bonds is 27. The number of hydrogen-bond donors (Lipinski definition) is 0. The number of carboxylic acids is 1. The van der Waals surface area contributed by atoms with Gasteiger partial charge in [-0.3, -0.25) is 9.59 Å². The van der Waals surface area contributed by atoms with Crippen molar-refractivity contribution in [2.24, 2.45) is 0 Å². The lowest BCUT2D eigenvalue weighted by molar-refractivity contribution is -0.889. The molecule has 0 saturated heterocycles. The number of nitrogens with zero attached hydrogens (tertiary/aromatic N) is 1. The molecule has 0 saturated carbocycles. The van der Waals surface area contributed by atoms with E-state index in [0.29, 0.717) is 12.8 Å². The number of carboxylic acid groups (broad SMARTS) is 1. The quantitative estimate of drug-likeness (QED) is 0.0533. The van der Waals surface area contributed by atoms with Gasteiger partial charge in [-0.05, 0) is 44.9 Å². The molecule has 0 heterocycles. The Balaban J connectivity index is 4.29. The largest absolute Gasteiger partial charge is 0.544 e. The van der Waals surface area contributed by atoms with Gasteiger partial charge in [0.2, 0.25) is 0 Å². The molecular weight excluding hydrogens is 522 g/mol. The minimum absolute atomic E-state index is 0.0336. The summed E-state index contributed by atoms with van der Waals surface area (Å²) in [6.45, 7) is 4.34. The molecular formula is C33H59NO7. The van der Waals surface area contributed by atoms with Crippen LogP contribution in [0.4, 0.5) is 0 Å². The summed E-state index contributed by atoms with van der Waals surface area (Å²) in [5.74, 6) is -1.80. The number of aliphatic carboxylic acids is 1. The van der Waals surface area contributed by atoms with E-state index in [4.69, 9.17) is 14.2 Å². The first-order valence-corrected chi connectivity index (χ1v) is 15.9. The second-order valence-corrected chi connectivity index (χ2v) is 11.7. The van der Waals surface area contributed by atoms with Crippen LogP contribution < -0.4 is 5.11 Å². The monoisotopic (exact) mass is 581 g/mol. The Hall–Kier alpha value is -2.19. The third kappa shape index (κ3) is 24.1. The number of carbonyl (C=O) groups excluding carboxylic acids is 3. The van der Waals surface area contributed by atoms with Crippen molar-refractivity contribution in [1.82, 2.24) is 0 Å². The average Bonchev–Trinajstić information content (AvgIpc) is 2.91. The molecule has 0 aromatic rings. The van der Waals surface area contributed by atoms with Crippen molar-refractivity contribution < 1.29 is 38.2 Å². The van der Waals surface area contributed by atoms with Crippen LogP contribution >= 0.6 is 0 Å². The molecule has 0 aliphatic carbocycles. The molecule has 0 rings (SSSR count). The first-order valence-electron chi connectivity index (χ1n) is 15.9. The maximum Gasteiger partial charge on any atom is 0.306 e. The molecule has 0 aliphatic heterocycles. The maximum atomic E-state index is 12.4. The molecule has 2 atom stereocenters. The van der Waals surface area contributed by atoms with Crippen molar-refractivity contribution in [2.75, 3.05) is 41.0 Å². The lowest BCUT2D eigenvalue weighted by Crippen LogP contribution is -2.55. The van der Waals surface area contributed by atoms with Crippen LogP contribution in [0.3, 0.4) is 0 Å². The van der Waals surface area contributed by atoms with Gasteiger partial charge in [0, 0.05) is 19.3 Å². The topological polar surface area (TPSA) is 102 Å². The summed E-state index contributed by atoms with van der Waals surface area (Å²) in [4.78, 5) is 35.8. The van der Waals surface area contributed by atoms with Crippen molar-refractivity contribution >= 4 is 17.9 Å². The smallest absolute Gasteiger partial charge is 0.306 e. The predicted molar refractivity (Wildman–Crippen MR) is 162 cm³/mol. The Morgan fingerprint density at radius 3 is 1.93 bits per heavy atom. The van der Waals surface area contributed by atoms with Gasteiger partial charge in [0.25, 0.3) is 0 Å². The molecule has 0 aromatic heterocycles. The van der Waals surface area contributed by atoms with Gasteiger partial charge in [-0.25, -0.2) is 0 Å². The number of carbonyl (C=O) groups is 3. The van der Waals surface area contributed by atoms with E-state index in [1.807, 2.05) is 6.92 Å². The Kier molecular flexibility index (Phi) is 24.2. The van der Waals surface area contributed by atoms with Crippen molar-refractivity contribution in [3.05, 3.63) is 24.3 Å². The fourth-order valence-electron chi connectivity index (χ4n) is 4.25. The summed E-state index contributed by atoms with van der Waals surface area (Å²) < 4.78 is 16.7.